The van der Waals surface area contributed by atoms with Gasteiger partial charge in [0.2, 0.25) is 4.80 Å². The predicted molar refractivity (Wildman–Crippen MR) is 98.1 cm³/mol. The largest absolute Gasteiger partial charge is 0.380 e. The third-order valence-corrected chi connectivity index (χ3v) is 7.25. The van der Waals surface area contributed by atoms with E-state index in [1.54, 1.807) is 17.5 Å². The van der Waals surface area contributed by atoms with E-state index in [0.717, 1.165) is 15.8 Å². The number of benzene rings is 1. The lowest BCUT2D eigenvalue weighted by atomic mass is 10.2. The molecule has 1 aromatic carbocycles. The van der Waals surface area contributed by atoms with Crippen molar-refractivity contribution in [3.8, 4) is 0 Å². The fourth-order valence-electron chi connectivity index (χ4n) is 2.32. The molecule has 0 atom stereocenters. The van der Waals surface area contributed by atoms with Gasteiger partial charge in [0.1, 0.15) is 4.21 Å². The summed E-state index contributed by atoms with van der Waals surface area (Å²) in [5.41, 5.74) is 2.11. The zero-order valence-electron chi connectivity index (χ0n) is 13.4. The van der Waals surface area contributed by atoms with E-state index >= 15 is 0 Å². The summed E-state index contributed by atoms with van der Waals surface area (Å²) in [6.45, 7) is 5.66. The molecule has 0 unspecified atom stereocenters. The molecule has 0 aliphatic heterocycles. The minimum atomic E-state index is -3.69. The highest BCUT2D eigenvalue weighted by atomic mass is 32.2. The maximum atomic E-state index is 12.5. The van der Waals surface area contributed by atoms with Crippen LogP contribution in [0.2, 0.25) is 0 Å². The van der Waals surface area contributed by atoms with Crippen LogP contribution in [0.1, 0.15) is 12.5 Å². The molecule has 0 spiro atoms. The number of thiophene rings is 1. The second kappa shape index (κ2) is 7.18. The molecule has 8 heteroatoms. The van der Waals surface area contributed by atoms with Crippen molar-refractivity contribution < 1.29 is 13.2 Å². The van der Waals surface area contributed by atoms with Crippen molar-refractivity contribution in [3.05, 3.63) is 46.1 Å². The van der Waals surface area contributed by atoms with Gasteiger partial charge in [-0.1, -0.05) is 23.5 Å². The van der Waals surface area contributed by atoms with E-state index in [1.165, 1.54) is 22.7 Å². The van der Waals surface area contributed by atoms with Gasteiger partial charge in [-0.15, -0.1) is 15.7 Å². The smallest absolute Gasteiger partial charge is 0.294 e. The molecule has 24 heavy (non-hydrogen) atoms. The zero-order chi connectivity index (χ0) is 17.2. The van der Waals surface area contributed by atoms with Crippen LogP contribution in [0.3, 0.4) is 0 Å². The van der Waals surface area contributed by atoms with Crippen LogP contribution in [-0.4, -0.2) is 26.2 Å². The molecule has 2 heterocycles. The third-order valence-electron chi connectivity index (χ3n) is 3.45. The van der Waals surface area contributed by atoms with E-state index in [0.29, 0.717) is 24.6 Å². The van der Waals surface area contributed by atoms with Crippen LogP contribution >= 0.6 is 22.7 Å². The number of nitrogens with zero attached hydrogens (tertiary/aromatic N) is 2. The average molecular weight is 383 g/mol. The highest BCUT2D eigenvalue weighted by Gasteiger charge is 2.15. The standard InChI is InChI=1S/C16H18N2O3S3/c1-3-21-9-8-18-13-7-6-12(2)11-14(13)23-16(18)17-24(19,20)15-5-4-10-22-15/h4-7,10-11H,3,8-9H2,1-2H3. The molecule has 5 nitrogen and oxygen atoms in total. The third kappa shape index (κ3) is 3.61. The summed E-state index contributed by atoms with van der Waals surface area (Å²) in [5, 5.41) is 1.74. The first-order valence-corrected chi connectivity index (χ1v) is 10.7. The lowest BCUT2D eigenvalue weighted by molar-refractivity contribution is 0.139. The molecular formula is C16H18N2O3S3. The average Bonchev–Trinajstić information content (AvgIpc) is 3.16. The van der Waals surface area contributed by atoms with Crippen LogP contribution in [0.5, 0.6) is 0 Å². The van der Waals surface area contributed by atoms with Gasteiger partial charge in [0.25, 0.3) is 10.0 Å². The number of aromatic nitrogens is 1. The van der Waals surface area contributed by atoms with Crippen molar-refractivity contribution in [3.63, 3.8) is 0 Å². The van der Waals surface area contributed by atoms with E-state index in [-0.39, 0.29) is 4.21 Å². The van der Waals surface area contributed by atoms with Crippen LogP contribution in [0.4, 0.5) is 0 Å². The summed E-state index contributed by atoms with van der Waals surface area (Å²) in [7, 11) is -3.69. The van der Waals surface area contributed by atoms with Gasteiger partial charge in [0, 0.05) is 13.2 Å². The Morgan fingerprint density at radius 2 is 2.12 bits per heavy atom. The molecule has 0 saturated carbocycles. The Labute approximate surface area is 148 Å². The highest BCUT2D eigenvalue weighted by molar-refractivity contribution is 7.92. The fraction of sp³-hybridized carbons (Fsp3) is 0.312. The normalized spacial score (nSPS) is 13.0. The molecule has 0 fully saturated rings. The molecule has 0 aliphatic rings. The first-order valence-electron chi connectivity index (χ1n) is 7.53. The summed E-state index contributed by atoms with van der Waals surface area (Å²) in [4.78, 5) is 0.476. The van der Waals surface area contributed by atoms with Gasteiger partial charge < -0.3 is 9.30 Å². The second-order valence-corrected chi connectivity index (χ2v) is 8.99. The SMILES string of the molecule is CCOCCn1c(=NS(=O)(=O)c2cccs2)sc2cc(C)ccc21. The van der Waals surface area contributed by atoms with Gasteiger partial charge in [-0.05, 0) is 43.0 Å². The highest BCUT2D eigenvalue weighted by Crippen LogP contribution is 2.21. The number of sulfonamides is 1. The number of hydrogen-bond donors (Lipinski definition) is 0. The van der Waals surface area contributed by atoms with E-state index in [9.17, 15) is 8.42 Å². The van der Waals surface area contributed by atoms with Gasteiger partial charge in [-0.3, -0.25) is 0 Å². The van der Waals surface area contributed by atoms with Gasteiger partial charge in [0.15, 0.2) is 0 Å². The van der Waals surface area contributed by atoms with Gasteiger partial charge >= 0.3 is 0 Å². The molecule has 0 radical (unpaired) electrons. The molecular weight excluding hydrogens is 364 g/mol. The van der Waals surface area contributed by atoms with Crippen molar-refractivity contribution in [1.82, 2.24) is 4.57 Å². The Kier molecular flexibility index (Phi) is 5.19. The number of fused-ring (bicyclic) bond motifs is 1. The molecule has 0 aliphatic carbocycles. The lowest BCUT2D eigenvalue weighted by Gasteiger charge is -2.05. The Morgan fingerprint density at radius 1 is 1.29 bits per heavy atom. The topological polar surface area (TPSA) is 60.7 Å². The molecule has 3 aromatic rings. The minimum absolute atomic E-state index is 0.257. The van der Waals surface area contributed by atoms with E-state index in [1.807, 2.05) is 36.6 Å². The lowest BCUT2D eigenvalue weighted by Crippen LogP contribution is -2.19. The van der Waals surface area contributed by atoms with Crippen LogP contribution in [0, 0.1) is 6.92 Å². The zero-order valence-corrected chi connectivity index (χ0v) is 15.9. The predicted octanol–water partition coefficient (Wildman–Crippen LogP) is 3.40. The van der Waals surface area contributed by atoms with E-state index in [2.05, 4.69) is 4.40 Å². The summed E-state index contributed by atoms with van der Waals surface area (Å²) in [6.07, 6.45) is 0. The summed E-state index contributed by atoms with van der Waals surface area (Å²) in [6, 6.07) is 9.36. The quantitative estimate of drug-likeness (QED) is 0.614. The number of rotatable bonds is 6. The first kappa shape index (κ1) is 17.3. The molecule has 2 aromatic heterocycles. The van der Waals surface area contributed by atoms with Crippen molar-refractivity contribution in [2.45, 2.75) is 24.6 Å². The Balaban J connectivity index is 2.15. The van der Waals surface area contributed by atoms with Crippen molar-refractivity contribution in [2.75, 3.05) is 13.2 Å². The van der Waals surface area contributed by atoms with Crippen molar-refractivity contribution >= 4 is 42.9 Å². The Morgan fingerprint density at radius 3 is 2.83 bits per heavy atom. The van der Waals surface area contributed by atoms with Gasteiger partial charge in [0.05, 0.1) is 16.8 Å². The van der Waals surface area contributed by atoms with Crippen molar-refractivity contribution in [2.24, 2.45) is 4.40 Å². The second-order valence-electron chi connectivity index (χ2n) is 5.20. The van der Waals surface area contributed by atoms with E-state index < -0.39 is 10.0 Å². The molecule has 0 N–H and O–H groups in total. The molecule has 3 rings (SSSR count). The summed E-state index contributed by atoms with van der Waals surface area (Å²) in [5.74, 6) is 0. The number of aryl methyl sites for hydroxylation is 1. The molecule has 0 saturated heterocycles. The summed E-state index contributed by atoms with van der Waals surface area (Å²) >= 11 is 2.56. The van der Waals surface area contributed by atoms with Crippen LogP contribution in [-0.2, 0) is 21.3 Å². The first-order chi connectivity index (χ1) is 11.5. The summed E-state index contributed by atoms with van der Waals surface area (Å²) < 4.78 is 37.7. The van der Waals surface area contributed by atoms with Crippen LogP contribution in [0.15, 0.2) is 44.3 Å². The van der Waals surface area contributed by atoms with Gasteiger partial charge in [-0.25, -0.2) is 0 Å². The van der Waals surface area contributed by atoms with Crippen molar-refractivity contribution in [1.29, 1.82) is 0 Å². The van der Waals surface area contributed by atoms with E-state index in [4.69, 9.17) is 4.74 Å². The monoisotopic (exact) mass is 382 g/mol. The maximum Gasteiger partial charge on any atom is 0.294 e. The minimum Gasteiger partial charge on any atom is -0.380 e. The number of ether oxygens (including phenoxy) is 1. The number of thiazole rings is 1. The Bertz CT molecular complexity index is 999. The fourth-order valence-corrected chi connectivity index (χ4v) is 5.65. The molecule has 0 bridgehead atoms. The van der Waals surface area contributed by atoms with Crippen LogP contribution < -0.4 is 4.80 Å². The molecule has 0 amide bonds. The number of hydrogen-bond acceptors (Lipinski definition) is 5. The Hall–Kier alpha value is -1.48. The van der Waals surface area contributed by atoms with Crippen LogP contribution in [0.25, 0.3) is 10.2 Å². The maximum absolute atomic E-state index is 12.5. The van der Waals surface area contributed by atoms with Gasteiger partial charge in [-0.2, -0.15) is 8.42 Å². The molecule has 128 valence electrons.